The monoisotopic (exact) mass is 370 g/mol. The molecule has 2 aliphatic rings. The zero-order valence-electron chi connectivity index (χ0n) is 17.5. The Hall–Kier alpha value is -1.31. The van der Waals surface area contributed by atoms with Crippen LogP contribution in [0, 0.1) is 17.8 Å². The fraction of sp³-hybridized carbons (Fsp3) is 0.720. The van der Waals surface area contributed by atoms with E-state index in [1.807, 2.05) is 0 Å². The maximum absolute atomic E-state index is 11.3. The van der Waals surface area contributed by atoms with Gasteiger partial charge in [0, 0.05) is 0 Å². The Labute approximate surface area is 165 Å². The van der Waals surface area contributed by atoms with E-state index < -0.39 is 5.97 Å². The molecule has 2 fully saturated rings. The highest BCUT2D eigenvalue weighted by atomic mass is 16.4. The van der Waals surface area contributed by atoms with Gasteiger partial charge < -0.3 is 5.11 Å². The van der Waals surface area contributed by atoms with Crippen molar-refractivity contribution in [2.45, 2.75) is 104 Å². The van der Waals surface area contributed by atoms with Crippen molar-refractivity contribution in [2.75, 3.05) is 0 Å². The summed E-state index contributed by atoms with van der Waals surface area (Å²) in [6, 6.07) is 6.98. The molecule has 2 aliphatic carbocycles. The van der Waals surface area contributed by atoms with Crippen LogP contribution in [0.4, 0.5) is 0 Å². The van der Waals surface area contributed by atoms with Crippen molar-refractivity contribution in [2.24, 2.45) is 10.8 Å². The van der Waals surface area contributed by atoms with E-state index in [4.69, 9.17) is 0 Å². The van der Waals surface area contributed by atoms with Gasteiger partial charge in [-0.1, -0.05) is 56.4 Å². The Bertz CT molecular complexity index is 638. The Morgan fingerprint density at radius 3 is 2.11 bits per heavy atom. The van der Waals surface area contributed by atoms with Gasteiger partial charge in [0.25, 0.3) is 0 Å². The predicted octanol–water partition coefficient (Wildman–Crippen LogP) is 6.87. The molecule has 3 rings (SSSR count). The maximum atomic E-state index is 11.3. The molecule has 2 saturated carbocycles. The summed E-state index contributed by atoms with van der Waals surface area (Å²) < 4.78 is 0. The van der Waals surface area contributed by atoms with E-state index in [0.717, 1.165) is 38.5 Å². The van der Waals surface area contributed by atoms with Crippen LogP contribution in [-0.4, -0.2) is 11.1 Å². The lowest BCUT2D eigenvalue weighted by Gasteiger charge is -2.12. The fourth-order valence-corrected chi connectivity index (χ4v) is 4.42. The first-order valence-electron chi connectivity index (χ1n) is 11.2. The van der Waals surface area contributed by atoms with Crippen molar-refractivity contribution in [1.29, 1.82) is 0 Å². The average Bonchev–Trinajstić information content (AvgIpc) is 3.54. The summed E-state index contributed by atoms with van der Waals surface area (Å²) in [6.45, 7) is 4.62. The lowest BCUT2D eigenvalue weighted by Crippen LogP contribution is -2.14. The van der Waals surface area contributed by atoms with E-state index in [-0.39, 0.29) is 5.41 Å². The molecular formula is C25H38O2. The Kier molecular flexibility index (Phi) is 6.65. The lowest BCUT2D eigenvalue weighted by molar-refractivity contribution is -0.143. The number of benzene rings is 1. The average molecular weight is 371 g/mol. The highest BCUT2D eigenvalue weighted by Crippen LogP contribution is 2.50. The summed E-state index contributed by atoms with van der Waals surface area (Å²) in [5.74, 6) is -0.570. The minimum Gasteiger partial charge on any atom is -0.481 e. The normalized spacial score (nSPS) is 19.0. The molecule has 0 unspecified atom stereocenters. The van der Waals surface area contributed by atoms with Crippen LogP contribution in [0.3, 0.4) is 0 Å². The third-order valence-corrected chi connectivity index (χ3v) is 7.10. The van der Waals surface area contributed by atoms with Crippen LogP contribution in [0.5, 0.6) is 0 Å². The van der Waals surface area contributed by atoms with E-state index in [1.54, 1.807) is 5.56 Å². The minimum absolute atomic E-state index is 0.341. The largest absolute Gasteiger partial charge is 0.481 e. The topological polar surface area (TPSA) is 37.3 Å². The molecule has 0 amide bonds. The summed E-state index contributed by atoms with van der Waals surface area (Å²) in [7, 11) is 0. The van der Waals surface area contributed by atoms with Crippen LogP contribution in [-0.2, 0) is 17.6 Å². The number of rotatable bonds is 13. The molecule has 150 valence electrons. The summed E-state index contributed by atoms with van der Waals surface area (Å²) in [5, 5.41) is 9.27. The number of aliphatic carboxylic acids is 1. The summed E-state index contributed by atoms with van der Waals surface area (Å²) >= 11 is 0. The van der Waals surface area contributed by atoms with E-state index in [9.17, 15) is 9.90 Å². The maximum Gasteiger partial charge on any atom is 0.309 e. The summed E-state index contributed by atoms with van der Waals surface area (Å²) in [4.78, 5) is 11.3. The van der Waals surface area contributed by atoms with Gasteiger partial charge in [-0.05, 0) is 87.7 Å². The SMILES string of the molecule is Cc1ccc(CCCCCC2(C)CC2)c(CCCCCC2(C(=O)O)CC2)c1. The van der Waals surface area contributed by atoms with Gasteiger partial charge in [0.2, 0.25) is 0 Å². The number of carboxylic acid groups (broad SMARTS) is 1. The fourth-order valence-electron chi connectivity index (χ4n) is 4.42. The molecular weight excluding hydrogens is 332 g/mol. The third-order valence-electron chi connectivity index (χ3n) is 7.10. The molecule has 0 aromatic heterocycles. The van der Waals surface area contributed by atoms with E-state index in [0.29, 0.717) is 5.41 Å². The predicted molar refractivity (Wildman–Crippen MR) is 112 cm³/mol. The zero-order chi connectivity index (χ0) is 19.3. The van der Waals surface area contributed by atoms with Crippen molar-refractivity contribution >= 4 is 5.97 Å². The Balaban J connectivity index is 1.37. The minimum atomic E-state index is -0.570. The van der Waals surface area contributed by atoms with Crippen LogP contribution >= 0.6 is 0 Å². The number of carbonyl (C=O) groups is 1. The smallest absolute Gasteiger partial charge is 0.309 e. The molecule has 1 N–H and O–H groups in total. The third kappa shape index (κ3) is 6.09. The van der Waals surface area contributed by atoms with Crippen molar-refractivity contribution in [3.8, 4) is 0 Å². The second kappa shape index (κ2) is 8.80. The van der Waals surface area contributed by atoms with E-state index in [1.165, 1.54) is 62.5 Å². The molecule has 0 radical (unpaired) electrons. The molecule has 1 aromatic carbocycles. The quantitative estimate of drug-likeness (QED) is 0.385. The van der Waals surface area contributed by atoms with E-state index in [2.05, 4.69) is 32.0 Å². The second-order valence-electron chi connectivity index (χ2n) is 9.79. The van der Waals surface area contributed by atoms with Gasteiger partial charge in [-0.3, -0.25) is 4.79 Å². The zero-order valence-corrected chi connectivity index (χ0v) is 17.5. The molecule has 0 bridgehead atoms. The molecule has 0 saturated heterocycles. The Morgan fingerprint density at radius 2 is 1.52 bits per heavy atom. The van der Waals surface area contributed by atoms with Crippen LogP contribution in [0.2, 0.25) is 0 Å². The van der Waals surface area contributed by atoms with Crippen LogP contribution < -0.4 is 0 Å². The number of carboxylic acids is 1. The van der Waals surface area contributed by atoms with E-state index >= 15 is 0 Å². The van der Waals surface area contributed by atoms with Gasteiger partial charge in [0.1, 0.15) is 0 Å². The van der Waals surface area contributed by atoms with Gasteiger partial charge >= 0.3 is 5.97 Å². The number of aryl methyl sites for hydroxylation is 3. The molecule has 0 spiro atoms. The van der Waals surface area contributed by atoms with Crippen molar-refractivity contribution < 1.29 is 9.90 Å². The van der Waals surface area contributed by atoms with Crippen LogP contribution in [0.15, 0.2) is 18.2 Å². The first kappa shape index (κ1) is 20.4. The molecule has 2 heteroatoms. The van der Waals surface area contributed by atoms with Gasteiger partial charge in [0.05, 0.1) is 5.41 Å². The van der Waals surface area contributed by atoms with Gasteiger partial charge in [-0.2, -0.15) is 0 Å². The van der Waals surface area contributed by atoms with Crippen molar-refractivity contribution in [1.82, 2.24) is 0 Å². The number of hydrogen-bond donors (Lipinski definition) is 1. The molecule has 27 heavy (non-hydrogen) atoms. The Morgan fingerprint density at radius 1 is 0.889 bits per heavy atom. The first-order chi connectivity index (χ1) is 12.9. The summed E-state index contributed by atoms with van der Waals surface area (Å²) in [5.41, 5.74) is 4.80. The highest BCUT2D eigenvalue weighted by Gasteiger charge is 2.49. The van der Waals surface area contributed by atoms with Crippen molar-refractivity contribution in [3.05, 3.63) is 34.9 Å². The first-order valence-corrected chi connectivity index (χ1v) is 11.2. The van der Waals surface area contributed by atoms with Gasteiger partial charge in [0.15, 0.2) is 0 Å². The van der Waals surface area contributed by atoms with Gasteiger partial charge in [-0.25, -0.2) is 0 Å². The second-order valence-corrected chi connectivity index (χ2v) is 9.79. The molecule has 0 atom stereocenters. The van der Waals surface area contributed by atoms with Gasteiger partial charge in [-0.15, -0.1) is 0 Å². The molecule has 0 heterocycles. The van der Waals surface area contributed by atoms with Crippen LogP contribution in [0.25, 0.3) is 0 Å². The number of hydrogen-bond acceptors (Lipinski definition) is 1. The van der Waals surface area contributed by atoms with Crippen LogP contribution in [0.1, 0.15) is 101 Å². The summed E-state index contributed by atoms with van der Waals surface area (Å²) in [6.07, 6.45) is 16.8. The van der Waals surface area contributed by atoms with Crippen molar-refractivity contribution in [3.63, 3.8) is 0 Å². The number of unbranched alkanes of at least 4 members (excludes halogenated alkanes) is 4. The standard InChI is InChI=1S/C25H38O2/c1-20-11-12-21(9-5-3-7-13-24(2)15-16-24)22(19-20)10-6-4-8-14-25(17-18-25)23(26)27/h11-12,19H,3-10,13-18H2,1-2H3,(H,26,27). The molecule has 0 aliphatic heterocycles. The lowest BCUT2D eigenvalue weighted by atomic mass is 9.93. The highest BCUT2D eigenvalue weighted by molar-refractivity contribution is 5.77. The molecule has 2 nitrogen and oxygen atoms in total. The molecule has 1 aromatic rings.